The summed E-state index contributed by atoms with van der Waals surface area (Å²) < 4.78 is 6.79. The van der Waals surface area contributed by atoms with Crippen LogP contribution in [0, 0.1) is 5.92 Å². The number of aliphatic hydroxyl groups is 1. The molecule has 4 nitrogen and oxygen atoms in total. The first kappa shape index (κ1) is 11.9. The highest BCUT2D eigenvalue weighted by molar-refractivity contribution is 5.73. The van der Waals surface area contributed by atoms with Crippen molar-refractivity contribution in [3.63, 3.8) is 0 Å². The molecular formula is C13H17NO3. The van der Waals surface area contributed by atoms with E-state index in [1.165, 1.54) is 0 Å². The number of hydrogen-bond donors (Lipinski definition) is 1. The van der Waals surface area contributed by atoms with Gasteiger partial charge >= 0.3 is 5.76 Å². The predicted octanol–water partition coefficient (Wildman–Crippen LogP) is 2.13. The van der Waals surface area contributed by atoms with Crippen LogP contribution in [0.25, 0.3) is 11.1 Å². The third kappa shape index (κ3) is 2.42. The second-order valence-electron chi connectivity index (χ2n) is 4.66. The first-order valence-corrected chi connectivity index (χ1v) is 5.85. The van der Waals surface area contributed by atoms with Crippen molar-refractivity contribution in [1.82, 2.24) is 4.57 Å². The first-order chi connectivity index (χ1) is 8.11. The van der Waals surface area contributed by atoms with E-state index in [0.717, 1.165) is 17.5 Å². The molecule has 0 saturated heterocycles. The number of aryl methyl sites for hydroxylation is 1. The maximum Gasteiger partial charge on any atom is 0.419 e. The molecule has 0 aliphatic carbocycles. The van der Waals surface area contributed by atoms with Crippen LogP contribution in [-0.2, 0) is 13.2 Å². The number of aromatic nitrogens is 1. The van der Waals surface area contributed by atoms with Crippen LogP contribution in [0.1, 0.15) is 25.8 Å². The summed E-state index contributed by atoms with van der Waals surface area (Å²) in [5.74, 6) is 0.212. The second-order valence-corrected chi connectivity index (χ2v) is 4.66. The molecule has 0 amide bonds. The minimum Gasteiger partial charge on any atom is -0.408 e. The molecule has 0 atom stereocenters. The third-order valence-electron chi connectivity index (χ3n) is 2.84. The Balaban J connectivity index is 2.45. The van der Waals surface area contributed by atoms with Gasteiger partial charge in [0.1, 0.15) is 0 Å². The normalized spacial score (nSPS) is 11.5. The van der Waals surface area contributed by atoms with Gasteiger partial charge in [-0.25, -0.2) is 4.79 Å². The monoisotopic (exact) mass is 235 g/mol. The molecular weight excluding hydrogens is 218 g/mol. The fraction of sp³-hybridized carbons (Fsp3) is 0.462. The highest BCUT2D eigenvalue weighted by Crippen LogP contribution is 2.16. The van der Waals surface area contributed by atoms with Crippen LogP contribution in [0.3, 0.4) is 0 Å². The number of benzene rings is 1. The van der Waals surface area contributed by atoms with Gasteiger partial charge in [0.05, 0.1) is 12.1 Å². The van der Waals surface area contributed by atoms with E-state index >= 15 is 0 Å². The van der Waals surface area contributed by atoms with Gasteiger partial charge in [-0.1, -0.05) is 19.9 Å². The van der Waals surface area contributed by atoms with Gasteiger partial charge in [0.2, 0.25) is 0 Å². The van der Waals surface area contributed by atoms with Crippen LogP contribution in [0.2, 0.25) is 0 Å². The number of nitrogens with zero attached hydrogens (tertiary/aromatic N) is 1. The molecule has 4 heteroatoms. The fourth-order valence-electron chi connectivity index (χ4n) is 1.81. The van der Waals surface area contributed by atoms with E-state index in [9.17, 15) is 4.79 Å². The summed E-state index contributed by atoms with van der Waals surface area (Å²) in [7, 11) is 0. The summed E-state index contributed by atoms with van der Waals surface area (Å²) in [6.07, 6.45) is 0.928. The summed E-state index contributed by atoms with van der Waals surface area (Å²) in [5, 5.41) is 9.09. The maximum atomic E-state index is 11.7. The smallest absolute Gasteiger partial charge is 0.408 e. The molecule has 1 aromatic carbocycles. The van der Waals surface area contributed by atoms with Crippen molar-refractivity contribution < 1.29 is 9.52 Å². The zero-order valence-electron chi connectivity index (χ0n) is 10.1. The van der Waals surface area contributed by atoms with Crippen molar-refractivity contribution in [2.45, 2.75) is 33.4 Å². The molecule has 2 aromatic rings. The van der Waals surface area contributed by atoms with Crippen LogP contribution in [0.15, 0.2) is 27.4 Å². The van der Waals surface area contributed by atoms with Crippen LogP contribution in [0.4, 0.5) is 0 Å². The zero-order valence-corrected chi connectivity index (χ0v) is 10.1. The van der Waals surface area contributed by atoms with Gasteiger partial charge in [0.25, 0.3) is 0 Å². The predicted molar refractivity (Wildman–Crippen MR) is 65.9 cm³/mol. The quantitative estimate of drug-likeness (QED) is 0.883. The van der Waals surface area contributed by atoms with Crippen LogP contribution < -0.4 is 5.76 Å². The van der Waals surface area contributed by atoms with Crippen molar-refractivity contribution in [1.29, 1.82) is 0 Å². The molecule has 92 valence electrons. The Morgan fingerprint density at radius 2 is 2.18 bits per heavy atom. The lowest BCUT2D eigenvalue weighted by Gasteiger charge is -2.05. The average Bonchev–Trinajstić information content (AvgIpc) is 2.61. The SMILES string of the molecule is CC(C)CCn1c(=O)oc2ccc(CO)cc21. The Kier molecular flexibility index (Phi) is 3.33. The molecule has 0 aliphatic heterocycles. The molecule has 1 heterocycles. The van der Waals surface area contributed by atoms with E-state index in [1.807, 2.05) is 0 Å². The molecule has 0 unspecified atom stereocenters. The van der Waals surface area contributed by atoms with E-state index in [2.05, 4.69) is 13.8 Å². The largest absolute Gasteiger partial charge is 0.419 e. The fourth-order valence-corrected chi connectivity index (χ4v) is 1.81. The third-order valence-corrected chi connectivity index (χ3v) is 2.84. The average molecular weight is 235 g/mol. The lowest BCUT2D eigenvalue weighted by molar-refractivity contribution is 0.282. The summed E-state index contributed by atoms with van der Waals surface area (Å²) in [4.78, 5) is 11.7. The number of rotatable bonds is 4. The molecule has 0 bridgehead atoms. The van der Waals surface area contributed by atoms with E-state index in [1.54, 1.807) is 22.8 Å². The molecule has 0 aliphatic rings. The number of oxazole rings is 1. The molecule has 17 heavy (non-hydrogen) atoms. The van der Waals surface area contributed by atoms with Gasteiger partial charge in [0, 0.05) is 6.54 Å². The number of hydrogen-bond acceptors (Lipinski definition) is 3. The standard InChI is InChI=1S/C13H17NO3/c1-9(2)5-6-14-11-7-10(8-15)3-4-12(11)17-13(14)16/h3-4,7,9,15H,5-6,8H2,1-2H3. The number of fused-ring (bicyclic) bond motifs is 1. The Bertz CT molecular complexity index is 566. The zero-order chi connectivity index (χ0) is 12.4. The van der Waals surface area contributed by atoms with Gasteiger partial charge in [-0.15, -0.1) is 0 Å². The van der Waals surface area contributed by atoms with E-state index < -0.39 is 0 Å². The Hall–Kier alpha value is -1.55. The van der Waals surface area contributed by atoms with E-state index in [0.29, 0.717) is 18.0 Å². The van der Waals surface area contributed by atoms with Crippen molar-refractivity contribution in [2.75, 3.05) is 0 Å². The minimum absolute atomic E-state index is 0.0283. The summed E-state index contributed by atoms with van der Waals surface area (Å²) >= 11 is 0. The van der Waals surface area contributed by atoms with E-state index in [4.69, 9.17) is 9.52 Å². The van der Waals surface area contributed by atoms with Gasteiger partial charge in [-0.2, -0.15) is 0 Å². The summed E-state index contributed by atoms with van der Waals surface area (Å²) in [6.45, 7) is 4.86. The topological polar surface area (TPSA) is 55.4 Å². The van der Waals surface area contributed by atoms with Crippen LogP contribution in [-0.4, -0.2) is 9.67 Å². The minimum atomic E-state index is -0.323. The first-order valence-electron chi connectivity index (χ1n) is 5.85. The molecule has 1 aromatic heterocycles. The Labute approximate surface area is 99.5 Å². The maximum absolute atomic E-state index is 11.7. The highest BCUT2D eigenvalue weighted by atomic mass is 16.4. The lowest BCUT2D eigenvalue weighted by Crippen LogP contribution is -2.15. The molecule has 0 spiro atoms. The van der Waals surface area contributed by atoms with Crippen molar-refractivity contribution >= 4 is 11.1 Å². The van der Waals surface area contributed by atoms with Crippen molar-refractivity contribution in [3.8, 4) is 0 Å². The molecule has 0 saturated carbocycles. The Morgan fingerprint density at radius 1 is 1.41 bits per heavy atom. The van der Waals surface area contributed by atoms with Crippen molar-refractivity contribution in [2.24, 2.45) is 5.92 Å². The molecule has 0 fully saturated rings. The molecule has 1 N–H and O–H groups in total. The van der Waals surface area contributed by atoms with Crippen LogP contribution >= 0.6 is 0 Å². The van der Waals surface area contributed by atoms with Gasteiger partial charge in [-0.3, -0.25) is 4.57 Å². The lowest BCUT2D eigenvalue weighted by atomic mass is 10.1. The molecule has 0 radical (unpaired) electrons. The highest BCUT2D eigenvalue weighted by Gasteiger charge is 2.09. The van der Waals surface area contributed by atoms with Gasteiger partial charge in [-0.05, 0) is 30.0 Å². The molecule has 2 rings (SSSR count). The van der Waals surface area contributed by atoms with Crippen molar-refractivity contribution in [3.05, 3.63) is 34.3 Å². The van der Waals surface area contributed by atoms with E-state index in [-0.39, 0.29) is 12.4 Å². The Morgan fingerprint density at radius 3 is 2.82 bits per heavy atom. The second kappa shape index (κ2) is 4.75. The summed E-state index contributed by atoms with van der Waals surface area (Å²) in [6, 6.07) is 5.30. The van der Waals surface area contributed by atoms with Gasteiger partial charge in [0.15, 0.2) is 5.58 Å². The van der Waals surface area contributed by atoms with Crippen LogP contribution in [0.5, 0.6) is 0 Å². The number of aliphatic hydroxyl groups excluding tert-OH is 1. The van der Waals surface area contributed by atoms with Gasteiger partial charge < -0.3 is 9.52 Å². The summed E-state index contributed by atoms with van der Waals surface area (Å²) in [5.41, 5.74) is 2.13.